The van der Waals surface area contributed by atoms with E-state index in [-0.39, 0.29) is 0 Å². The topological polar surface area (TPSA) is 0 Å². The lowest BCUT2D eigenvalue weighted by Gasteiger charge is -2.20. The summed E-state index contributed by atoms with van der Waals surface area (Å²) in [5.41, 5.74) is 6.67. The molecule has 0 heterocycles. The minimum absolute atomic E-state index is 0.723. The quantitative estimate of drug-likeness (QED) is 0.271. The Hall–Kier alpha value is -1.04. The first-order chi connectivity index (χ1) is 13.3. The van der Waals surface area contributed by atoms with E-state index in [0.717, 1.165) is 5.92 Å². The molecule has 1 aliphatic carbocycles. The second-order valence-corrected chi connectivity index (χ2v) is 8.66. The molecule has 0 aliphatic heterocycles. The van der Waals surface area contributed by atoms with Gasteiger partial charge in [0.1, 0.15) is 0 Å². The van der Waals surface area contributed by atoms with E-state index < -0.39 is 0 Å². The fourth-order valence-corrected chi connectivity index (χ4v) is 4.74. The van der Waals surface area contributed by atoms with Crippen LogP contribution in [0.1, 0.15) is 133 Å². The van der Waals surface area contributed by atoms with Gasteiger partial charge in [-0.2, -0.15) is 0 Å². The van der Waals surface area contributed by atoms with Crippen LogP contribution in [-0.2, 0) is 6.42 Å². The smallest absolute Gasteiger partial charge is 0.00601 e. The number of fused-ring (bicyclic) bond motifs is 1. The molecule has 0 heteroatoms. The average Bonchev–Trinajstić information content (AvgIpc) is 3.04. The van der Waals surface area contributed by atoms with Crippen LogP contribution >= 0.6 is 0 Å². The Kier molecular flexibility index (Phi) is 10.9. The zero-order valence-corrected chi connectivity index (χ0v) is 18.5. The molecule has 2 rings (SSSR count). The van der Waals surface area contributed by atoms with Crippen molar-refractivity contribution in [3.8, 4) is 0 Å². The Bertz CT molecular complexity index is 551. The van der Waals surface area contributed by atoms with Crippen molar-refractivity contribution < 1.29 is 0 Å². The van der Waals surface area contributed by atoms with Crippen LogP contribution < -0.4 is 0 Å². The van der Waals surface area contributed by atoms with E-state index in [1.165, 1.54) is 96.3 Å². The van der Waals surface area contributed by atoms with Crippen LogP contribution in [0.3, 0.4) is 0 Å². The molecule has 0 fully saturated rings. The Labute approximate surface area is 169 Å². The van der Waals surface area contributed by atoms with E-state index >= 15 is 0 Å². The molecule has 0 aromatic heterocycles. The third-order valence-electron chi connectivity index (χ3n) is 6.33. The summed E-state index contributed by atoms with van der Waals surface area (Å²) in [5, 5.41) is 0. The van der Waals surface area contributed by atoms with Crippen LogP contribution in [0.25, 0.3) is 6.08 Å². The molecule has 1 aromatic rings. The third-order valence-corrected chi connectivity index (χ3v) is 6.33. The first kappa shape index (κ1) is 22.3. The summed E-state index contributed by atoms with van der Waals surface area (Å²) in [6.45, 7) is 6.94. The lowest BCUT2D eigenvalue weighted by molar-refractivity contribution is 0.571. The first-order valence-electron chi connectivity index (χ1n) is 12.1. The molecule has 1 atom stereocenters. The maximum atomic E-state index is 2.57. The van der Waals surface area contributed by atoms with E-state index in [1.54, 1.807) is 22.3 Å². The number of hydrogen-bond acceptors (Lipinski definition) is 0. The van der Waals surface area contributed by atoms with Crippen molar-refractivity contribution in [2.24, 2.45) is 0 Å². The molecule has 1 aliphatic rings. The summed E-state index contributed by atoms with van der Waals surface area (Å²) in [5.74, 6) is 0.723. The maximum absolute atomic E-state index is 2.57. The van der Waals surface area contributed by atoms with Gasteiger partial charge in [-0.3, -0.25) is 0 Å². The summed E-state index contributed by atoms with van der Waals surface area (Å²) < 4.78 is 0. The van der Waals surface area contributed by atoms with Gasteiger partial charge in [0.2, 0.25) is 0 Å². The second kappa shape index (κ2) is 13.2. The van der Waals surface area contributed by atoms with E-state index in [1.807, 2.05) is 0 Å². The summed E-state index contributed by atoms with van der Waals surface area (Å²) in [4.78, 5) is 0. The second-order valence-electron chi connectivity index (χ2n) is 8.66. The van der Waals surface area contributed by atoms with Crippen molar-refractivity contribution in [1.82, 2.24) is 0 Å². The van der Waals surface area contributed by atoms with Crippen LogP contribution in [-0.4, -0.2) is 0 Å². The molecule has 0 saturated heterocycles. The fraction of sp³-hybridized carbons (Fsp3) is 0.704. The number of rotatable bonds is 15. The highest BCUT2D eigenvalue weighted by atomic mass is 14.3. The van der Waals surface area contributed by atoms with E-state index in [2.05, 4.69) is 45.0 Å². The molecule has 0 bridgehead atoms. The monoisotopic (exact) mass is 368 g/mol. The predicted octanol–water partition coefficient (Wildman–Crippen LogP) is 9.23. The highest BCUT2D eigenvalue weighted by molar-refractivity contribution is 5.68. The maximum Gasteiger partial charge on any atom is 0.00601 e. The number of hydrogen-bond donors (Lipinski definition) is 0. The summed E-state index contributed by atoms with van der Waals surface area (Å²) in [6.07, 6.45) is 23.1. The van der Waals surface area contributed by atoms with Crippen LogP contribution in [0.15, 0.2) is 23.8 Å². The summed E-state index contributed by atoms with van der Waals surface area (Å²) in [7, 11) is 0. The Morgan fingerprint density at radius 2 is 1.30 bits per heavy atom. The van der Waals surface area contributed by atoms with Crippen molar-refractivity contribution in [2.45, 2.75) is 123 Å². The largest absolute Gasteiger partial charge is 0.0654 e. The third kappa shape index (κ3) is 7.13. The van der Waals surface area contributed by atoms with Gasteiger partial charge in [-0.05, 0) is 48.8 Å². The van der Waals surface area contributed by atoms with Crippen molar-refractivity contribution in [2.75, 3.05) is 0 Å². The predicted molar refractivity (Wildman–Crippen MR) is 123 cm³/mol. The summed E-state index contributed by atoms with van der Waals surface area (Å²) >= 11 is 0. The molecule has 0 nitrogen and oxygen atoms in total. The van der Waals surface area contributed by atoms with Crippen LogP contribution in [0.2, 0.25) is 0 Å². The van der Waals surface area contributed by atoms with Gasteiger partial charge in [0.15, 0.2) is 0 Å². The zero-order chi connectivity index (χ0) is 19.3. The molecule has 0 amide bonds. The normalized spacial score (nSPS) is 15.8. The van der Waals surface area contributed by atoms with E-state index in [9.17, 15) is 0 Å². The standard InChI is InChI=1S/C27H44/c1-4-7-10-13-17-23-19-16-20-25-22-24(18-14-11-8-5-2)26(27(23)25)21-15-12-9-6-3/h16,19-20,22,26H,4-15,17-18,21H2,1-3H3. The van der Waals surface area contributed by atoms with Crippen LogP contribution in [0, 0.1) is 0 Å². The highest BCUT2D eigenvalue weighted by Crippen LogP contribution is 2.44. The Balaban J connectivity index is 2.06. The Morgan fingerprint density at radius 3 is 1.96 bits per heavy atom. The number of unbranched alkanes of at least 4 members (excludes halogenated alkanes) is 9. The molecular weight excluding hydrogens is 324 g/mol. The minimum Gasteiger partial charge on any atom is -0.0654 e. The van der Waals surface area contributed by atoms with E-state index in [0.29, 0.717) is 0 Å². The molecule has 0 radical (unpaired) electrons. The molecule has 152 valence electrons. The van der Waals surface area contributed by atoms with Gasteiger partial charge in [-0.15, -0.1) is 0 Å². The molecule has 1 unspecified atom stereocenters. The molecule has 0 spiro atoms. The van der Waals surface area contributed by atoms with Crippen LogP contribution in [0.5, 0.6) is 0 Å². The molecule has 0 N–H and O–H groups in total. The first-order valence-corrected chi connectivity index (χ1v) is 12.1. The van der Waals surface area contributed by atoms with Gasteiger partial charge in [0, 0.05) is 5.92 Å². The van der Waals surface area contributed by atoms with Crippen molar-refractivity contribution in [1.29, 1.82) is 0 Å². The van der Waals surface area contributed by atoms with Crippen molar-refractivity contribution in [3.63, 3.8) is 0 Å². The van der Waals surface area contributed by atoms with E-state index in [4.69, 9.17) is 0 Å². The molecule has 0 saturated carbocycles. The van der Waals surface area contributed by atoms with Gasteiger partial charge in [-0.1, -0.05) is 115 Å². The minimum atomic E-state index is 0.723. The summed E-state index contributed by atoms with van der Waals surface area (Å²) in [6, 6.07) is 7.11. The number of allylic oxidation sites excluding steroid dienone is 1. The van der Waals surface area contributed by atoms with Crippen LogP contribution in [0.4, 0.5) is 0 Å². The SMILES string of the molecule is CCCCCCC1=Cc2cccc(CCCCCC)c2C1CCCCCC. The van der Waals surface area contributed by atoms with Crippen molar-refractivity contribution >= 4 is 6.08 Å². The molecule has 27 heavy (non-hydrogen) atoms. The lowest BCUT2D eigenvalue weighted by Crippen LogP contribution is -2.04. The average molecular weight is 369 g/mol. The zero-order valence-electron chi connectivity index (χ0n) is 18.5. The fourth-order valence-electron chi connectivity index (χ4n) is 4.74. The van der Waals surface area contributed by atoms with Gasteiger partial charge < -0.3 is 0 Å². The molecule has 1 aromatic carbocycles. The van der Waals surface area contributed by atoms with Gasteiger partial charge in [-0.25, -0.2) is 0 Å². The Morgan fingerprint density at radius 1 is 0.667 bits per heavy atom. The van der Waals surface area contributed by atoms with Gasteiger partial charge in [0.05, 0.1) is 0 Å². The van der Waals surface area contributed by atoms with Crippen molar-refractivity contribution in [3.05, 3.63) is 40.5 Å². The lowest BCUT2D eigenvalue weighted by atomic mass is 9.84. The number of benzene rings is 1. The molecular formula is C27H44. The van der Waals surface area contributed by atoms with Gasteiger partial charge >= 0.3 is 0 Å². The van der Waals surface area contributed by atoms with Gasteiger partial charge in [0.25, 0.3) is 0 Å². The highest BCUT2D eigenvalue weighted by Gasteiger charge is 2.26. The number of aryl methyl sites for hydroxylation is 1.